The molecule has 0 atom stereocenters. The largest absolute Gasteiger partial charge is 0.376 e. The van der Waals surface area contributed by atoms with E-state index in [1.54, 1.807) is 0 Å². The first kappa shape index (κ1) is 9.69. The van der Waals surface area contributed by atoms with Gasteiger partial charge in [-0.25, -0.2) is 0 Å². The molecule has 76 valence electrons. The van der Waals surface area contributed by atoms with E-state index in [4.69, 9.17) is 10.5 Å². The summed E-state index contributed by atoms with van der Waals surface area (Å²) in [6.45, 7) is 1.59. The summed E-state index contributed by atoms with van der Waals surface area (Å²) in [7, 11) is 0. The molecular weight excluding hydrogens is 174 g/mol. The molecule has 0 saturated heterocycles. The highest BCUT2D eigenvalue weighted by atomic mass is 16.5. The summed E-state index contributed by atoms with van der Waals surface area (Å²) in [5.74, 6) is 0.703. The van der Waals surface area contributed by atoms with Crippen LogP contribution in [0.15, 0.2) is 30.3 Å². The normalized spacial score (nSPS) is 25.8. The lowest BCUT2D eigenvalue weighted by atomic mass is 9.82. The number of ether oxygens (including phenoxy) is 1. The van der Waals surface area contributed by atoms with Crippen LogP contribution in [0.3, 0.4) is 0 Å². The molecule has 0 heterocycles. The predicted molar refractivity (Wildman–Crippen MR) is 56.8 cm³/mol. The van der Waals surface area contributed by atoms with Gasteiger partial charge in [0.05, 0.1) is 6.61 Å². The Kier molecular flexibility index (Phi) is 3.17. The second-order valence-corrected chi connectivity index (χ2v) is 4.10. The number of hydrogen-bond acceptors (Lipinski definition) is 2. The van der Waals surface area contributed by atoms with Gasteiger partial charge in [0, 0.05) is 12.6 Å². The van der Waals surface area contributed by atoms with Crippen LogP contribution in [0.2, 0.25) is 0 Å². The molecule has 0 bridgehead atoms. The van der Waals surface area contributed by atoms with Gasteiger partial charge in [0.25, 0.3) is 0 Å². The molecule has 1 aliphatic carbocycles. The highest BCUT2D eigenvalue weighted by Crippen LogP contribution is 2.25. The highest BCUT2D eigenvalue weighted by molar-refractivity contribution is 5.13. The zero-order valence-corrected chi connectivity index (χ0v) is 8.36. The molecule has 2 rings (SSSR count). The lowest BCUT2D eigenvalue weighted by molar-refractivity contribution is 0.0519. The van der Waals surface area contributed by atoms with Crippen molar-refractivity contribution in [2.45, 2.75) is 25.5 Å². The van der Waals surface area contributed by atoms with Crippen LogP contribution in [-0.2, 0) is 11.3 Å². The minimum absolute atomic E-state index is 0.431. The van der Waals surface area contributed by atoms with Crippen LogP contribution in [0.25, 0.3) is 0 Å². The Morgan fingerprint density at radius 1 is 1.21 bits per heavy atom. The van der Waals surface area contributed by atoms with E-state index >= 15 is 0 Å². The summed E-state index contributed by atoms with van der Waals surface area (Å²) < 4.78 is 5.62. The van der Waals surface area contributed by atoms with Gasteiger partial charge in [0.2, 0.25) is 0 Å². The van der Waals surface area contributed by atoms with Crippen molar-refractivity contribution < 1.29 is 4.74 Å². The first-order chi connectivity index (χ1) is 6.84. The Hall–Kier alpha value is -0.860. The fourth-order valence-corrected chi connectivity index (χ4v) is 1.84. The van der Waals surface area contributed by atoms with Crippen LogP contribution in [0, 0.1) is 5.92 Å². The summed E-state index contributed by atoms with van der Waals surface area (Å²) >= 11 is 0. The summed E-state index contributed by atoms with van der Waals surface area (Å²) in [6.07, 6.45) is 2.27. The van der Waals surface area contributed by atoms with Gasteiger partial charge in [-0.2, -0.15) is 0 Å². The van der Waals surface area contributed by atoms with Gasteiger partial charge in [-0.15, -0.1) is 0 Å². The van der Waals surface area contributed by atoms with E-state index in [-0.39, 0.29) is 0 Å². The Balaban J connectivity index is 1.64. The molecule has 1 fully saturated rings. The van der Waals surface area contributed by atoms with Gasteiger partial charge in [-0.1, -0.05) is 30.3 Å². The molecule has 2 N–H and O–H groups in total. The molecule has 0 radical (unpaired) electrons. The van der Waals surface area contributed by atoms with Crippen molar-refractivity contribution in [3.63, 3.8) is 0 Å². The van der Waals surface area contributed by atoms with Crippen molar-refractivity contribution in [2.24, 2.45) is 11.7 Å². The molecule has 1 aromatic carbocycles. The minimum atomic E-state index is 0.431. The smallest absolute Gasteiger partial charge is 0.0717 e. The third-order valence-electron chi connectivity index (χ3n) is 2.74. The third-order valence-corrected chi connectivity index (χ3v) is 2.74. The van der Waals surface area contributed by atoms with E-state index in [0.29, 0.717) is 12.0 Å². The zero-order valence-electron chi connectivity index (χ0n) is 8.36. The predicted octanol–water partition coefficient (Wildman–Crippen LogP) is 1.94. The van der Waals surface area contributed by atoms with E-state index < -0.39 is 0 Å². The quantitative estimate of drug-likeness (QED) is 0.789. The maximum atomic E-state index is 5.70. The van der Waals surface area contributed by atoms with E-state index in [2.05, 4.69) is 12.1 Å². The van der Waals surface area contributed by atoms with Crippen LogP contribution >= 0.6 is 0 Å². The second kappa shape index (κ2) is 4.58. The average Bonchev–Trinajstić information content (AvgIpc) is 2.17. The first-order valence-electron chi connectivity index (χ1n) is 5.22. The van der Waals surface area contributed by atoms with Gasteiger partial charge < -0.3 is 10.5 Å². The van der Waals surface area contributed by atoms with E-state index in [1.807, 2.05) is 18.2 Å². The minimum Gasteiger partial charge on any atom is -0.376 e. The maximum absolute atomic E-state index is 5.70. The van der Waals surface area contributed by atoms with Crippen LogP contribution in [0.5, 0.6) is 0 Å². The molecule has 14 heavy (non-hydrogen) atoms. The van der Waals surface area contributed by atoms with Gasteiger partial charge in [0.1, 0.15) is 0 Å². The molecule has 2 heteroatoms. The van der Waals surface area contributed by atoms with Crippen molar-refractivity contribution >= 4 is 0 Å². The SMILES string of the molecule is NC1CC(COCc2ccccc2)C1. The van der Waals surface area contributed by atoms with Crippen LogP contribution in [-0.4, -0.2) is 12.6 Å². The van der Waals surface area contributed by atoms with Crippen molar-refractivity contribution in [1.29, 1.82) is 0 Å². The van der Waals surface area contributed by atoms with Crippen molar-refractivity contribution in [3.8, 4) is 0 Å². The molecule has 0 amide bonds. The molecule has 1 aromatic rings. The second-order valence-electron chi connectivity index (χ2n) is 4.10. The number of hydrogen-bond donors (Lipinski definition) is 1. The topological polar surface area (TPSA) is 35.2 Å². The van der Waals surface area contributed by atoms with Crippen LogP contribution in [0.1, 0.15) is 18.4 Å². The van der Waals surface area contributed by atoms with Gasteiger partial charge in [-0.3, -0.25) is 0 Å². The van der Waals surface area contributed by atoms with E-state index in [1.165, 1.54) is 5.56 Å². The van der Waals surface area contributed by atoms with E-state index in [9.17, 15) is 0 Å². The average molecular weight is 191 g/mol. The lowest BCUT2D eigenvalue weighted by Gasteiger charge is -2.31. The van der Waals surface area contributed by atoms with Gasteiger partial charge >= 0.3 is 0 Å². The van der Waals surface area contributed by atoms with Crippen molar-refractivity contribution in [2.75, 3.05) is 6.61 Å². The third kappa shape index (κ3) is 2.56. The molecular formula is C12H17NO. The molecule has 0 unspecified atom stereocenters. The van der Waals surface area contributed by atoms with Crippen LogP contribution < -0.4 is 5.73 Å². The standard InChI is InChI=1S/C12H17NO/c13-12-6-11(7-12)9-14-8-10-4-2-1-3-5-10/h1-5,11-12H,6-9,13H2. The monoisotopic (exact) mass is 191 g/mol. The summed E-state index contributed by atoms with van der Waals surface area (Å²) in [5.41, 5.74) is 6.94. The number of benzene rings is 1. The maximum Gasteiger partial charge on any atom is 0.0717 e. The Labute approximate surface area is 85.1 Å². The molecule has 0 aliphatic heterocycles. The van der Waals surface area contributed by atoms with Crippen LogP contribution in [0.4, 0.5) is 0 Å². The fraction of sp³-hybridized carbons (Fsp3) is 0.500. The fourth-order valence-electron chi connectivity index (χ4n) is 1.84. The van der Waals surface area contributed by atoms with Gasteiger partial charge in [0.15, 0.2) is 0 Å². The molecule has 1 aliphatic rings. The van der Waals surface area contributed by atoms with Crippen molar-refractivity contribution in [3.05, 3.63) is 35.9 Å². The molecule has 0 spiro atoms. The Morgan fingerprint density at radius 2 is 1.93 bits per heavy atom. The summed E-state index contributed by atoms with van der Waals surface area (Å²) in [5, 5.41) is 0. The Bertz CT molecular complexity index is 267. The Morgan fingerprint density at radius 3 is 2.57 bits per heavy atom. The van der Waals surface area contributed by atoms with Gasteiger partial charge in [-0.05, 0) is 24.3 Å². The molecule has 0 aromatic heterocycles. The first-order valence-corrected chi connectivity index (χ1v) is 5.22. The van der Waals surface area contributed by atoms with Crippen molar-refractivity contribution in [1.82, 2.24) is 0 Å². The molecule has 2 nitrogen and oxygen atoms in total. The summed E-state index contributed by atoms with van der Waals surface area (Å²) in [4.78, 5) is 0. The lowest BCUT2D eigenvalue weighted by Crippen LogP contribution is -2.38. The number of nitrogens with two attached hydrogens (primary N) is 1. The molecule has 1 saturated carbocycles. The van der Waals surface area contributed by atoms with E-state index in [0.717, 1.165) is 26.1 Å². The highest BCUT2D eigenvalue weighted by Gasteiger charge is 2.25. The zero-order chi connectivity index (χ0) is 9.80. The summed E-state index contributed by atoms with van der Waals surface area (Å²) in [6, 6.07) is 10.7. The number of rotatable bonds is 4.